The zero-order valence-electron chi connectivity index (χ0n) is 21.2. The predicted molar refractivity (Wildman–Crippen MR) is 134 cm³/mol. The van der Waals surface area contributed by atoms with E-state index >= 15 is 0 Å². The number of esters is 1. The fourth-order valence-corrected chi connectivity index (χ4v) is 3.88. The molecule has 0 aliphatic heterocycles. The van der Waals surface area contributed by atoms with E-state index in [0.29, 0.717) is 23.7 Å². The number of unbranched alkanes of at least 4 members (excludes halogenated alkanes) is 8. The van der Waals surface area contributed by atoms with Crippen molar-refractivity contribution in [2.75, 3.05) is 19.7 Å². The molecule has 4 nitrogen and oxygen atoms in total. The Morgan fingerprint density at radius 2 is 1.31 bits per heavy atom. The van der Waals surface area contributed by atoms with Crippen LogP contribution in [-0.2, 0) is 4.74 Å². The van der Waals surface area contributed by atoms with E-state index in [2.05, 4.69) is 27.7 Å². The molecular formula is C28H47NO3. The van der Waals surface area contributed by atoms with Crippen molar-refractivity contribution >= 4 is 11.9 Å². The first-order valence-electron chi connectivity index (χ1n) is 13.1. The van der Waals surface area contributed by atoms with Gasteiger partial charge >= 0.3 is 5.97 Å². The summed E-state index contributed by atoms with van der Waals surface area (Å²) in [5.41, 5.74) is 0.868. The zero-order valence-corrected chi connectivity index (χ0v) is 21.2. The number of carbonyl (C=O) groups excluding carboxylic acids is 2. The van der Waals surface area contributed by atoms with Gasteiger partial charge in [0.1, 0.15) is 0 Å². The number of nitrogens with zero attached hydrogens (tertiary/aromatic N) is 1. The molecule has 0 aliphatic carbocycles. The van der Waals surface area contributed by atoms with Crippen LogP contribution >= 0.6 is 0 Å². The van der Waals surface area contributed by atoms with E-state index in [9.17, 15) is 9.59 Å². The highest BCUT2D eigenvalue weighted by molar-refractivity contribution is 6.05. The van der Waals surface area contributed by atoms with E-state index in [1.54, 1.807) is 18.2 Å². The largest absolute Gasteiger partial charge is 0.462 e. The van der Waals surface area contributed by atoms with Gasteiger partial charge in [0.2, 0.25) is 0 Å². The molecule has 1 aromatic carbocycles. The van der Waals surface area contributed by atoms with Gasteiger partial charge in [-0.1, -0.05) is 91.2 Å². The quantitative estimate of drug-likeness (QED) is 0.172. The second kappa shape index (κ2) is 17.7. The number of benzene rings is 1. The standard InChI is InChI=1S/C28H47NO3/c1-5-7-9-11-15-21-29(22-16-12-10-8-6-2)27(30)25-19-13-14-20-26(25)28(31)32-23-17-18-24(3)4/h13-14,19-20,24H,5-12,15-18,21-23H2,1-4H3. The monoisotopic (exact) mass is 445 g/mol. The summed E-state index contributed by atoms with van der Waals surface area (Å²) >= 11 is 0. The average Bonchev–Trinajstić information content (AvgIpc) is 2.79. The van der Waals surface area contributed by atoms with Crippen molar-refractivity contribution in [1.82, 2.24) is 4.90 Å². The van der Waals surface area contributed by atoms with Gasteiger partial charge in [-0.25, -0.2) is 4.79 Å². The van der Waals surface area contributed by atoms with E-state index in [4.69, 9.17) is 4.74 Å². The van der Waals surface area contributed by atoms with Crippen LogP contribution in [0.1, 0.15) is 125 Å². The molecular weight excluding hydrogens is 398 g/mol. The van der Waals surface area contributed by atoms with Gasteiger partial charge in [0.15, 0.2) is 0 Å². The molecule has 0 saturated heterocycles. The van der Waals surface area contributed by atoms with Crippen molar-refractivity contribution < 1.29 is 14.3 Å². The maximum Gasteiger partial charge on any atom is 0.338 e. The molecule has 4 heteroatoms. The highest BCUT2D eigenvalue weighted by Gasteiger charge is 2.22. The summed E-state index contributed by atoms with van der Waals surface area (Å²) in [6, 6.07) is 7.14. The Bertz CT molecular complexity index is 627. The van der Waals surface area contributed by atoms with Crippen LogP contribution in [0.4, 0.5) is 0 Å². The van der Waals surface area contributed by atoms with Gasteiger partial charge in [-0.3, -0.25) is 4.79 Å². The van der Waals surface area contributed by atoms with Crippen molar-refractivity contribution in [2.24, 2.45) is 5.92 Å². The Balaban J connectivity index is 2.79. The van der Waals surface area contributed by atoms with E-state index in [1.807, 2.05) is 11.0 Å². The fraction of sp³-hybridized carbons (Fsp3) is 0.714. The van der Waals surface area contributed by atoms with E-state index < -0.39 is 0 Å². The molecule has 1 aromatic rings. The molecule has 0 fully saturated rings. The topological polar surface area (TPSA) is 46.6 Å². The van der Waals surface area contributed by atoms with Crippen LogP contribution in [0.5, 0.6) is 0 Å². The van der Waals surface area contributed by atoms with Gasteiger partial charge in [-0.2, -0.15) is 0 Å². The highest BCUT2D eigenvalue weighted by Crippen LogP contribution is 2.16. The molecule has 0 spiro atoms. The van der Waals surface area contributed by atoms with Gasteiger partial charge in [-0.05, 0) is 43.7 Å². The second-order valence-electron chi connectivity index (χ2n) is 9.34. The Kier molecular flexibility index (Phi) is 15.6. The smallest absolute Gasteiger partial charge is 0.338 e. The summed E-state index contributed by atoms with van der Waals surface area (Å²) in [7, 11) is 0. The Morgan fingerprint density at radius 1 is 0.781 bits per heavy atom. The lowest BCUT2D eigenvalue weighted by Gasteiger charge is -2.24. The minimum atomic E-state index is -0.386. The summed E-state index contributed by atoms with van der Waals surface area (Å²) in [5.74, 6) is 0.167. The molecule has 0 atom stereocenters. The minimum absolute atomic E-state index is 0.0364. The van der Waals surface area contributed by atoms with Crippen LogP contribution in [0.3, 0.4) is 0 Å². The van der Waals surface area contributed by atoms with Gasteiger partial charge < -0.3 is 9.64 Å². The highest BCUT2D eigenvalue weighted by atomic mass is 16.5. The molecule has 0 heterocycles. The summed E-state index contributed by atoms with van der Waals surface area (Å²) < 4.78 is 5.49. The van der Waals surface area contributed by atoms with Crippen LogP contribution in [0, 0.1) is 5.92 Å². The number of amides is 1. The van der Waals surface area contributed by atoms with E-state index in [1.165, 1.54) is 38.5 Å². The summed E-state index contributed by atoms with van der Waals surface area (Å²) in [5, 5.41) is 0. The molecule has 1 rings (SSSR count). The van der Waals surface area contributed by atoms with Gasteiger partial charge in [0.05, 0.1) is 17.7 Å². The summed E-state index contributed by atoms with van der Waals surface area (Å²) in [6.45, 7) is 10.7. The Labute approximate surface area is 197 Å². The fourth-order valence-electron chi connectivity index (χ4n) is 3.88. The second-order valence-corrected chi connectivity index (χ2v) is 9.34. The lowest BCUT2D eigenvalue weighted by atomic mass is 10.0. The lowest BCUT2D eigenvalue weighted by molar-refractivity contribution is 0.0487. The number of hydrogen-bond acceptors (Lipinski definition) is 3. The van der Waals surface area contributed by atoms with Crippen molar-refractivity contribution in [3.8, 4) is 0 Å². The SMILES string of the molecule is CCCCCCCN(CCCCCCC)C(=O)c1ccccc1C(=O)OCCCC(C)C. The molecule has 0 aliphatic rings. The number of ether oxygens (including phenoxy) is 1. The lowest BCUT2D eigenvalue weighted by Crippen LogP contribution is -2.34. The minimum Gasteiger partial charge on any atom is -0.462 e. The normalized spacial score (nSPS) is 11.0. The van der Waals surface area contributed by atoms with Gasteiger partial charge in [0.25, 0.3) is 5.91 Å². The van der Waals surface area contributed by atoms with E-state index in [0.717, 1.165) is 51.6 Å². The van der Waals surface area contributed by atoms with Crippen molar-refractivity contribution in [3.63, 3.8) is 0 Å². The molecule has 0 aromatic heterocycles. The maximum absolute atomic E-state index is 13.4. The Morgan fingerprint density at radius 3 is 1.84 bits per heavy atom. The molecule has 0 unspecified atom stereocenters. The molecule has 0 radical (unpaired) electrons. The third-order valence-corrected chi connectivity index (χ3v) is 5.89. The third-order valence-electron chi connectivity index (χ3n) is 5.89. The predicted octanol–water partition coefficient (Wildman–Crippen LogP) is 7.66. The molecule has 0 saturated carbocycles. The third kappa shape index (κ3) is 11.7. The van der Waals surface area contributed by atoms with E-state index in [-0.39, 0.29) is 11.9 Å². The zero-order chi connectivity index (χ0) is 23.6. The molecule has 1 amide bonds. The Hall–Kier alpha value is -1.84. The van der Waals surface area contributed by atoms with Crippen LogP contribution in [0.25, 0.3) is 0 Å². The molecule has 0 bridgehead atoms. The molecule has 0 N–H and O–H groups in total. The van der Waals surface area contributed by atoms with Crippen LogP contribution in [0.15, 0.2) is 24.3 Å². The van der Waals surface area contributed by atoms with Crippen molar-refractivity contribution in [2.45, 2.75) is 105 Å². The van der Waals surface area contributed by atoms with Gasteiger partial charge in [0, 0.05) is 13.1 Å². The molecule has 182 valence electrons. The first-order chi connectivity index (χ1) is 15.5. The van der Waals surface area contributed by atoms with Crippen molar-refractivity contribution in [1.29, 1.82) is 0 Å². The van der Waals surface area contributed by atoms with Crippen LogP contribution < -0.4 is 0 Å². The van der Waals surface area contributed by atoms with Crippen LogP contribution in [-0.4, -0.2) is 36.5 Å². The first kappa shape index (κ1) is 28.2. The van der Waals surface area contributed by atoms with Crippen molar-refractivity contribution in [3.05, 3.63) is 35.4 Å². The average molecular weight is 446 g/mol. The summed E-state index contributed by atoms with van der Waals surface area (Å²) in [6.07, 6.45) is 13.6. The number of hydrogen-bond donors (Lipinski definition) is 0. The first-order valence-corrected chi connectivity index (χ1v) is 13.1. The summed E-state index contributed by atoms with van der Waals surface area (Å²) in [4.78, 5) is 28.1. The number of rotatable bonds is 18. The van der Waals surface area contributed by atoms with Crippen LogP contribution in [0.2, 0.25) is 0 Å². The maximum atomic E-state index is 13.4. The molecule has 32 heavy (non-hydrogen) atoms. The van der Waals surface area contributed by atoms with Gasteiger partial charge in [-0.15, -0.1) is 0 Å². The number of carbonyl (C=O) groups is 2.